The van der Waals surface area contributed by atoms with E-state index in [9.17, 15) is 15.0 Å². The Balaban J connectivity index is 1.45. The van der Waals surface area contributed by atoms with E-state index in [1.807, 2.05) is 25.3 Å². The Morgan fingerprint density at radius 2 is 2.19 bits per heavy atom. The predicted molar refractivity (Wildman–Crippen MR) is 117 cm³/mol. The second-order valence-corrected chi connectivity index (χ2v) is 9.42. The molecule has 0 saturated carbocycles. The Labute approximate surface area is 186 Å². The topological polar surface area (TPSA) is 86.4 Å². The number of carbonyl (C=O) groups is 1. The monoisotopic (exact) mass is 434 g/mol. The number of phenolic OH excluding ortho intramolecular Hbond substituents is 1. The molecule has 6 rings (SSSR count). The van der Waals surface area contributed by atoms with Crippen LogP contribution >= 0.6 is 0 Å². The number of ether oxygens (including phenoxy) is 1. The predicted octanol–water partition coefficient (Wildman–Crippen LogP) is 2.09. The van der Waals surface area contributed by atoms with Crippen molar-refractivity contribution >= 4 is 12.0 Å². The van der Waals surface area contributed by atoms with E-state index in [2.05, 4.69) is 4.90 Å². The van der Waals surface area contributed by atoms with Crippen molar-refractivity contribution < 1.29 is 24.2 Å². The minimum absolute atomic E-state index is 0.0832. The van der Waals surface area contributed by atoms with E-state index in [-0.39, 0.29) is 17.7 Å². The Kier molecular flexibility index (Phi) is 3.99. The molecule has 2 aliphatic heterocycles. The number of furan rings is 1. The summed E-state index contributed by atoms with van der Waals surface area (Å²) < 4.78 is 11.5. The summed E-state index contributed by atoms with van der Waals surface area (Å²) in [6, 6.07) is 4.92. The largest absolute Gasteiger partial charge is 0.504 e. The second kappa shape index (κ2) is 6.49. The number of likely N-dealkylation sites (N-methyl/N-ethyl adjacent to an activating group) is 2. The summed E-state index contributed by atoms with van der Waals surface area (Å²) in [5.74, 6) is 0.365. The molecule has 1 aromatic heterocycles. The van der Waals surface area contributed by atoms with Gasteiger partial charge in [-0.2, -0.15) is 0 Å². The molecule has 0 radical (unpaired) electrons. The van der Waals surface area contributed by atoms with Crippen LogP contribution in [0.4, 0.5) is 0 Å². The van der Waals surface area contributed by atoms with E-state index in [4.69, 9.17) is 9.15 Å². The van der Waals surface area contributed by atoms with E-state index in [0.717, 1.165) is 23.2 Å². The number of amides is 1. The van der Waals surface area contributed by atoms with Crippen LogP contribution in [-0.2, 0) is 16.6 Å². The van der Waals surface area contributed by atoms with Crippen molar-refractivity contribution in [2.75, 3.05) is 20.6 Å². The summed E-state index contributed by atoms with van der Waals surface area (Å²) >= 11 is 0. The molecule has 2 bridgehead atoms. The summed E-state index contributed by atoms with van der Waals surface area (Å²) in [4.78, 5) is 16.9. The fraction of sp³-hybridized carbons (Fsp3) is 0.400. The van der Waals surface area contributed by atoms with Crippen molar-refractivity contribution in [2.45, 2.75) is 42.0 Å². The Bertz CT molecular complexity index is 1160. The molecule has 7 nitrogen and oxygen atoms in total. The molecule has 2 aromatic rings. The fourth-order valence-electron chi connectivity index (χ4n) is 6.42. The average molecular weight is 434 g/mol. The van der Waals surface area contributed by atoms with Gasteiger partial charge in [0.1, 0.15) is 11.7 Å². The Morgan fingerprint density at radius 1 is 1.34 bits per heavy atom. The molecule has 5 atom stereocenters. The number of rotatable bonds is 3. The lowest BCUT2D eigenvalue weighted by Crippen LogP contribution is -2.76. The number of aromatic hydroxyl groups is 1. The summed E-state index contributed by atoms with van der Waals surface area (Å²) in [7, 11) is 3.79. The highest BCUT2D eigenvalue weighted by atomic mass is 16.5. The van der Waals surface area contributed by atoms with E-state index in [1.165, 1.54) is 6.08 Å². The SMILES string of the molecule is CN1CC[C@]23c4c5ccc(O)c4O[C@H]2[C@H](N(C)C(=O)/C=C/c2ccoc2)C=C[C@@]3(O)[C@H]1C5. The molecule has 1 saturated heterocycles. The zero-order valence-electron chi connectivity index (χ0n) is 18.1. The number of hydrogen-bond acceptors (Lipinski definition) is 6. The van der Waals surface area contributed by atoms with Crippen LogP contribution in [0.5, 0.6) is 11.5 Å². The third-order valence-electron chi connectivity index (χ3n) is 8.04. The maximum atomic E-state index is 13.0. The molecule has 166 valence electrons. The van der Waals surface area contributed by atoms with E-state index in [1.54, 1.807) is 42.7 Å². The molecule has 1 aromatic carbocycles. The molecule has 4 aliphatic rings. The number of piperidine rings is 1. The fourth-order valence-corrected chi connectivity index (χ4v) is 6.42. The van der Waals surface area contributed by atoms with Gasteiger partial charge in [-0.1, -0.05) is 18.2 Å². The molecular formula is C25H26N2O5. The average Bonchev–Trinajstić information content (AvgIpc) is 3.41. The van der Waals surface area contributed by atoms with Gasteiger partial charge in [-0.3, -0.25) is 9.69 Å². The molecule has 32 heavy (non-hydrogen) atoms. The number of carbonyl (C=O) groups excluding carboxylic acids is 1. The van der Waals surface area contributed by atoms with Crippen molar-refractivity contribution in [3.05, 3.63) is 65.6 Å². The molecule has 0 unspecified atom stereocenters. The summed E-state index contributed by atoms with van der Waals surface area (Å²) in [6.07, 6.45) is 11.0. The first-order valence-electron chi connectivity index (χ1n) is 11.0. The van der Waals surface area contributed by atoms with Gasteiger partial charge in [-0.25, -0.2) is 0 Å². The lowest BCUT2D eigenvalue weighted by atomic mass is 9.50. The Hall–Kier alpha value is -3.03. The Morgan fingerprint density at radius 3 is 2.97 bits per heavy atom. The molecule has 1 spiro atoms. The number of benzene rings is 1. The highest BCUT2D eigenvalue weighted by molar-refractivity contribution is 5.92. The van der Waals surface area contributed by atoms with Crippen molar-refractivity contribution in [3.63, 3.8) is 0 Å². The standard InChI is InChI=1S/C25H26N2O5/c1-26-11-10-24-21-16-4-5-18(28)22(21)32-23(24)17(7-9-25(24,30)19(26)13-16)27(2)20(29)6-3-15-8-12-31-14-15/h3-9,12,14,17,19,23,28,30H,10-11,13H2,1-2H3/b6-3+/t17-,19-,23+,24+,25-/m1/s1. The van der Waals surface area contributed by atoms with Crippen molar-refractivity contribution in [3.8, 4) is 11.5 Å². The highest BCUT2D eigenvalue weighted by Crippen LogP contribution is 2.64. The first kappa shape index (κ1) is 19.6. The number of phenols is 1. The van der Waals surface area contributed by atoms with E-state index in [0.29, 0.717) is 18.6 Å². The van der Waals surface area contributed by atoms with Gasteiger partial charge in [-0.15, -0.1) is 0 Å². The van der Waals surface area contributed by atoms with Crippen molar-refractivity contribution in [2.24, 2.45) is 0 Å². The molecule has 1 amide bonds. The zero-order valence-corrected chi connectivity index (χ0v) is 18.1. The van der Waals surface area contributed by atoms with E-state index >= 15 is 0 Å². The maximum absolute atomic E-state index is 13.0. The normalized spacial score (nSPS) is 34.4. The smallest absolute Gasteiger partial charge is 0.246 e. The van der Waals surface area contributed by atoms with Crippen LogP contribution in [-0.4, -0.2) is 70.3 Å². The maximum Gasteiger partial charge on any atom is 0.246 e. The lowest BCUT2D eigenvalue weighted by Gasteiger charge is -2.62. The summed E-state index contributed by atoms with van der Waals surface area (Å²) in [5, 5.41) is 22.8. The lowest BCUT2D eigenvalue weighted by molar-refractivity contribution is -0.150. The van der Waals surface area contributed by atoms with Gasteiger partial charge in [0.25, 0.3) is 0 Å². The van der Waals surface area contributed by atoms with Crippen LogP contribution in [0.15, 0.2) is 53.4 Å². The van der Waals surface area contributed by atoms with Gasteiger partial charge >= 0.3 is 0 Å². The minimum Gasteiger partial charge on any atom is -0.504 e. The zero-order chi connectivity index (χ0) is 22.3. The van der Waals surface area contributed by atoms with Gasteiger partial charge in [0.05, 0.1) is 24.0 Å². The highest BCUT2D eigenvalue weighted by Gasteiger charge is 2.71. The van der Waals surface area contributed by atoms with Gasteiger partial charge in [0, 0.05) is 30.3 Å². The quantitative estimate of drug-likeness (QED) is 0.568. The van der Waals surface area contributed by atoms with Crippen LogP contribution in [0.2, 0.25) is 0 Å². The number of nitrogens with zero attached hydrogens (tertiary/aromatic N) is 2. The third kappa shape index (κ3) is 2.30. The van der Waals surface area contributed by atoms with Gasteiger partial charge in [-0.05, 0) is 50.2 Å². The first-order chi connectivity index (χ1) is 15.4. The van der Waals surface area contributed by atoms with Crippen LogP contribution < -0.4 is 4.74 Å². The summed E-state index contributed by atoms with van der Waals surface area (Å²) in [6.45, 7) is 0.806. The molecule has 2 aliphatic carbocycles. The minimum atomic E-state index is -1.14. The van der Waals surface area contributed by atoms with Crippen LogP contribution in [0.3, 0.4) is 0 Å². The summed E-state index contributed by atoms with van der Waals surface area (Å²) in [5.41, 5.74) is 0.976. The first-order valence-corrected chi connectivity index (χ1v) is 11.0. The molecular weight excluding hydrogens is 408 g/mol. The van der Waals surface area contributed by atoms with Gasteiger partial charge < -0.3 is 24.3 Å². The molecule has 7 heteroatoms. The second-order valence-electron chi connectivity index (χ2n) is 9.42. The van der Waals surface area contributed by atoms with Crippen molar-refractivity contribution in [1.82, 2.24) is 9.80 Å². The molecule has 3 heterocycles. The molecule has 1 fully saturated rings. The van der Waals surface area contributed by atoms with Crippen molar-refractivity contribution in [1.29, 1.82) is 0 Å². The van der Waals surface area contributed by atoms with Crippen LogP contribution in [0, 0.1) is 0 Å². The number of aliphatic hydroxyl groups is 1. The van der Waals surface area contributed by atoms with Crippen LogP contribution in [0.1, 0.15) is 23.1 Å². The molecule has 2 N–H and O–H groups in total. The van der Waals surface area contributed by atoms with E-state index < -0.39 is 23.2 Å². The number of hydrogen-bond donors (Lipinski definition) is 2. The van der Waals surface area contributed by atoms with Gasteiger partial charge in [0.15, 0.2) is 11.5 Å². The van der Waals surface area contributed by atoms with Gasteiger partial charge in [0.2, 0.25) is 5.91 Å². The number of likely N-dealkylation sites (tertiary alicyclic amines) is 1. The van der Waals surface area contributed by atoms with Crippen LogP contribution in [0.25, 0.3) is 6.08 Å². The third-order valence-corrected chi connectivity index (χ3v) is 8.04.